The lowest BCUT2D eigenvalue weighted by Gasteiger charge is -2.14. The van der Waals surface area contributed by atoms with Gasteiger partial charge in [0.05, 0.1) is 23.5 Å². The Balaban J connectivity index is 0.000000550. The van der Waals surface area contributed by atoms with Gasteiger partial charge in [0, 0.05) is 17.4 Å². The predicted molar refractivity (Wildman–Crippen MR) is 135 cm³/mol. The zero-order valence-electron chi connectivity index (χ0n) is 20.7. The highest BCUT2D eigenvalue weighted by Crippen LogP contribution is 2.32. The van der Waals surface area contributed by atoms with Crippen LogP contribution in [0, 0.1) is 11.2 Å². The molecule has 0 aliphatic heterocycles. The largest absolute Gasteiger partial charge is 0.467 e. The lowest BCUT2D eigenvalue weighted by atomic mass is 9.99. The van der Waals surface area contributed by atoms with E-state index in [1.807, 2.05) is 26.1 Å². The monoisotopic (exact) mass is 537 g/mol. The molecule has 1 heterocycles. The first-order chi connectivity index (χ1) is 17.6. The van der Waals surface area contributed by atoms with Crippen LogP contribution in [0.25, 0.3) is 11.1 Å². The number of nitrogens with one attached hydrogen (secondary N) is 3. The van der Waals surface area contributed by atoms with Crippen LogP contribution in [-0.4, -0.2) is 30.0 Å². The molecule has 0 bridgehead atoms. The Morgan fingerprint density at radius 3 is 2.18 bits per heavy atom. The summed E-state index contributed by atoms with van der Waals surface area (Å²) in [5.41, 5.74) is 11.1. The van der Waals surface area contributed by atoms with E-state index in [1.54, 1.807) is 12.1 Å². The van der Waals surface area contributed by atoms with Crippen LogP contribution in [0.1, 0.15) is 36.8 Å². The van der Waals surface area contributed by atoms with Crippen molar-refractivity contribution >= 4 is 35.5 Å². The van der Waals surface area contributed by atoms with Crippen molar-refractivity contribution < 1.29 is 36.7 Å². The Hall–Kier alpha value is -4.55. The molecule has 13 heteroatoms. The second-order valence-electron chi connectivity index (χ2n) is 9.18. The molecule has 0 fully saturated rings. The van der Waals surface area contributed by atoms with Crippen molar-refractivity contribution in [2.24, 2.45) is 11.1 Å². The molecule has 0 aliphatic rings. The molecular weight excluding hydrogens is 510 g/mol. The van der Waals surface area contributed by atoms with Crippen LogP contribution >= 0.6 is 0 Å². The third-order valence-electron chi connectivity index (χ3n) is 4.71. The molecule has 3 amide bonds. The number of urea groups is 1. The smallest absolute Gasteiger partial charge is 0.416 e. The number of primary amides is 1. The number of ether oxygens (including phenoxy) is 1. The van der Waals surface area contributed by atoms with E-state index >= 15 is 0 Å². The summed E-state index contributed by atoms with van der Waals surface area (Å²) in [6.45, 7) is 7.01. The lowest BCUT2D eigenvalue weighted by molar-refractivity contribution is -0.137. The summed E-state index contributed by atoms with van der Waals surface area (Å²) in [7, 11) is 0. The van der Waals surface area contributed by atoms with Crippen LogP contribution in [0.3, 0.4) is 0 Å². The standard InChI is InChI=1S/C19H15F4N5O2.C6H12O2/c20-12-6-3-10(19(21,22)23)7-14(12)28-18(30)27-11-4-1-9(2-5-11)15-13(24)8-26-16(15)17(25)29;1-6(2,3)4-8-5-7/h1-8,26H,24H2,(H2,25,29)(H2,27,28,30);5H,4H2,1-3H3. The fraction of sp³-hybridized carbons (Fsp3) is 0.240. The summed E-state index contributed by atoms with van der Waals surface area (Å²) in [6, 6.07) is 6.77. The van der Waals surface area contributed by atoms with E-state index in [-0.39, 0.29) is 16.8 Å². The number of nitrogens with two attached hydrogens (primary N) is 2. The molecule has 0 atom stereocenters. The first-order valence-electron chi connectivity index (χ1n) is 11.0. The normalized spacial score (nSPS) is 11.1. The predicted octanol–water partition coefficient (Wildman–Crippen LogP) is 5.37. The van der Waals surface area contributed by atoms with E-state index in [4.69, 9.17) is 11.5 Å². The number of hydrogen-bond acceptors (Lipinski definition) is 5. The number of rotatable bonds is 6. The summed E-state index contributed by atoms with van der Waals surface area (Å²) >= 11 is 0. The summed E-state index contributed by atoms with van der Waals surface area (Å²) in [5.74, 6) is -1.72. The fourth-order valence-electron chi connectivity index (χ4n) is 3.03. The number of hydrogen-bond donors (Lipinski definition) is 5. The average Bonchev–Trinajstić information content (AvgIpc) is 3.20. The quantitative estimate of drug-likeness (QED) is 0.211. The van der Waals surface area contributed by atoms with Crippen LogP contribution in [0.5, 0.6) is 0 Å². The third-order valence-corrected chi connectivity index (χ3v) is 4.71. The van der Waals surface area contributed by atoms with Gasteiger partial charge < -0.3 is 31.8 Å². The Kier molecular flexibility index (Phi) is 9.47. The molecule has 0 saturated carbocycles. The van der Waals surface area contributed by atoms with E-state index in [2.05, 4.69) is 15.0 Å². The number of halogens is 4. The number of carbonyl (C=O) groups is 3. The number of benzene rings is 2. The minimum Gasteiger partial charge on any atom is -0.467 e. The molecule has 0 saturated heterocycles. The van der Waals surface area contributed by atoms with E-state index in [0.717, 1.165) is 0 Å². The van der Waals surface area contributed by atoms with Gasteiger partial charge in [-0.2, -0.15) is 13.2 Å². The van der Waals surface area contributed by atoms with Crippen molar-refractivity contribution in [2.45, 2.75) is 26.9 Å². The molecule has 1 aromatic heterocycles. The molecule has 0 spiro atoms. The number of amides is 3. The van der Waals surface area contributed by atoms with E-state index in [0.29, 0.717) is 48.1 Å². The SMILES string of the molecule is CC(C)(C)COC=O.NC(=O)c1[nH]cc(N)c1-c1ccc(NC(=O)Nc2cc(C(F)(F)F)ccc2F)cc1. The van der Waals surface area contributed by atoms with Crippen molar-refractivity contribution in [1.82, 2.24) is 4.98 Å². The Bertz CT molecular complexity index is 1280. The van der Waals surface area contributed by atoms with Crippen molar-refractivity contribution in [2.75, 3.05) is 23.0 Å². The molecule has 38 heavy (non-hydrogen) atoms. The van der Waals surface area contributed by atoms with Gasteiger partial charge in [-0.05, 0) is 41.3 Å². The maximum absolute atomic E-state index is 13.7. The molecule has 0 radical (unpaired) electrons. The number of aromatic nitrogens is 1. The Morgan fingerprint density at radius 2 is 1.68 bits per heavy atom. The van der Waals surface area contributed by atoms with Crippen molar-refractivity contribution in [3.8, 4) is 11.1 Å². The zero-order chi connectivity index (χ0) is 28.7. The van der Waals surface area contributed by atoms with Gasteiger partial charge >= 0.3 is 12.2 Å². The van der Waals surface area contributed by atoms with Gasteiger partial charge in [-0.15, -0.1) is 0 Å². The maximum atomic E-state index is 13.7. The lowest BCUT2D eigenvalue weighted by Crippen LogP contribution is -2.20. The number of nitrogen functional groups attached to an aromatic ring is 1. The summed E-state index contributed by atoms with van der Waals surface area (Å²) < 4.78 is 56.5. The first-order valence-corrected chi connectivity index (χ1v) is 11.0. The van der Waals surface area contributed by atoms with Crippen molar-refractivity contribution in [1.29, 1.82) is 0 Å². The van der Waals surface area contributed by atoms with Gasteiger partial charge in [-0.3, -0.25) is 9.59 Å². The van der Waals surface area contributed by atoms with Gasteiger partial charge in [0.25, 0.3) is 12.4 Å². The highest BCUT2D eigenvalue weighted by molar-refractivity contribution is 6.02. The van der Waals surface area contributed by atoms with Crippen molar-refractivity contribution in [3.63, 3.8) is 0 Å². The summed E-state index contributed by atoms with van der Waals surface area (Å²) in [4.78, 5) is 35.8. The summed E-state index contributed by atoms with van der Waals surface area (Å²) in [6.07, 6.45) is -3.26. The molecule has 7 N–H and O–H groups in total. The number of carbonyl (C=O) groups excluding carboxylic acids is 3. The molecule has 9 nitrogen and oxygen atoms in total. The fourth-order valence-corrected chi connectivity index (χ4v) is 3.03. The van der Waals surface area contributed by atoms with Crippen LogP contribution in [0.2, 0.25) is 0 Å². The second kappa shape index (κ2) is 12.1. The molecule has 2 aromatic carbocycles. The van der Waals surface area contributed by atoms with Gasteiger partial charge in [0.15, 0.2) is 0 Å². The number of H-pyrrole nitrogens is 1. The van der Waals surface area contributed by atoms with Gasteiger partial charge in [0.2, 0.25) is 0 Å². The molecule has 3 aromatic rings. The second-order valence-corrected chi connectivity index (χ2v) is 9.18. The molecule has 0 aliphatic carbocycles. The van der Waals surface area contributed by atoms with Gasteiger partial charge in [-0.25, -0.2) is 9.18 Å². The topological polar surface area (TPSA) is 152 Å². The molecule has 0 unspecified atom stereocenters. The number of anilines is 3. The van der Waals surface area contributed by atoms with Crippen LogP contribution < -0.4 is 22.1 Å². The Morgan fingerprint density at radius 1 is 1.05 bits per heavy atom. The van der Waals surface area contributed by atoms with Crippen LogP contribution in [0.4, 0.5) is 39.4 Å². The molecule has 3 rings (SSSR count). The van der Waals surface area contributed by atoms with E-state index in [1.165, 1.54) is 18.3 Å². The summed E-state index contributed by atoms with van der Waals surface area (Å²) in [5, 5.41) is 4.41. The molecule has 204 valence electrons. The van der Waals surface area contributed by atoms with Gasteiger partial charge in [-0.1, -0.05) is 32.9 Å². The third kappa shape index (κ3) is 8.54. The minimum atomic E-state index is -4.68. The maximum Gasteiger partial charge on any atom is 0.416 e. The van der Waals surface area contributed by atoms with Gasteiger partial charge in [0.1, 0.15) is 11.5 Å². The minimum absolute atomic E-state index is 0.0981. The highest BCUT2D eigenvalue weighted by Gasteiger charge is 2.31. The van der Waals surface area contributed by atoms with E-state index in [9.17, 15) is 31.9 Å². The van der Waals surface area contributed by atoms with Crippen molar-refractivity contribution in [3.05, 3.63) is 65.7 Å². The Labute approximate surface area is 215 Å². The number of alkyl halides is 3. The first kappa shape index (κ1) is 29.7. The van der Waals surface area contributed by atoms with Crippen LogP contribution in [-0.2, 0) is 15.7 Å². The number of aromatic amines is 1. The van der Waals surface area contributed by atoms with Crippen LogP contribution in [0.15, 0.2) is 48.7 Å². The molecular formula is C25H27F4N5O4. The zero-order valence-corrected chi connectivity index (χ0v) is 20.7. The van der Waals surface area contributed by atoms with E-state index < -0.39 is 35.2 Å². The average molecular weight is 538 g/mol. The highest BCUT2D eigenvalue weighted by atomic mass is 19.4.